The van der Waals surface area contributed by atoms with E-state index in [-0.39, 0.29) is 18.2 Å². The minimum Gasteiger partial charge on any atom is -0.454 e. The van der Waals surface area contributed by atoms with Gasteiger partial charge in [0, 0.05) is 12.7 Å². The van der Waals surface area contributed by atoms with Crippen LogP contribution in [0.25, 0.3) is 0 Å². The van der Waals surface area contributed by atoms with Crippen LogP contribution in [0.4, 0.5) is 0 Å². The van der Waals surface area contributed by atoms with E-state index in [0.717, 1.165) is 5.56 Å². The van der Waals surface area contributed by atoms with Gasteiger partial charge in [0.25, 0.3) is 0 Å². The van der Waals surface area contributed by atoms with Crippen LogP contribution in [-0.4, -0.2) is 43.8 Å². The van der Waals surface area contributed by atoms with Gasteiger partial charge in [0.2, 0.25) is 0 Å². The fourth-order valence-electron chi connectivity index (χ4n) is 3.02. The molecular formula is C19H26O6. The number of esters is 1. The largest absolute Gasteiger partial charge is 0.454 e. The first-order valence-corrected chi connectivity index (χ1v) is 8.56. The van der Waals surface area contributed by atoms with E-state index in [1.54, 1.807) is 20.8 Å². The minimum atomic E-state index is -0.694. The predicted octanol–water partition coefficient (Wildman–Crippen LogP) is 2.82. The van der Waals surface area contributed by atoms with E-state index in [4.69, 9.17) is 23.7 Å². The number of hydrogen-bond donors (Lipinski definition) is 0. The highest BCUT2D eigenvalue weighted by molar-refractivity contribution is 5.75. The molecule has 138 valence electrons. The van der Waals surface area contributed by atoms with Crippen molar-refractivity contribution in [1.29, 1.82) is 0 Å². The van der Waals surface area contributed by atoms with Gasteiger partial charge in [-0.2, -0.15) is 0 Å². The number of rotatable bonds is 3. The van der Waals surface area contributed by atoms with Crippen molar-refractivity contribution in [1.82, 2.24) is 0 Å². The highest BCUT2D eigenvalue weighted by Crippen LogP contribution is 2.40. The number of methoxy groups -OCH3 is 1. The molecular weight excluding hydrogens is 324 g/mol. The molecule has 0 amide bonds. The number of fused-ring (bicyclic) bond motifs is 1. The molecule has 0 radical (unpaired) electrons. The number of hydrogen-bond acceptors (Lipinski definition) is 6. The lowest BCUT2D eigenvalue weighted by Gasteiger charge is -2.40. The Morgan fingerprint density at radius 3 is 2.28 bits per heavy atom. The van der Waals surface area contributed by atoms with Gasteiger partial charge in [-0.1, -0.05) is 30.3 Å². The average Bonchev–Trinajstić information content (AvgIpc) is 3.03. The van der Waals surface area contributed by atoms with Gasteiger partial charge in [-0.05, 0) is 27.7 Å². The lowest BCUT2D eigenvalue weighted by molar-refractivity contribution is -0.273. The smallest absolute Gasteiger partial charge is 0.311 e. The first-order chi connectivity index (χ1) is 11.8. The number of ether oxygens (including phenoxy) is 5. The molecule has 1 unspecified atom stereocenters. The zero-order valence-electron chi connectivity index (χ0n) is 15.3. The molecule has 6 heteroatoms. The molecule has 2 aliphatic rings. The van der Waals surface area contributed by atoms with Crippen molar-refractivity contribution in [2.75, 3.05) is 7.11 Å². The Balaban J connectivity index is 1.82. The molecule has 0 aliphatic carbocycles. The molecule has 0 bridgehead atoms. The molecule has 2 saturated heterocycles. The second kappa shape index (κ2) is 7.03. The average molecular weight is 350 g/mol. The highest BCUT2D eigenvalue weighted by atomic mass is 16.8. The van der Waals surface area contributed by atoms with Gasteiger partial charge in [-0.25, -0.2) is 0 Å². The van der Waals surface area contributed by atoms with Crippen LogP contribution in [0.2, 0.25) is 0 Å². The van der Waals surface area contributed by atoms with Crippen molar-refractivity contribution in [2.45, 2.75) is 64.7 Å². The van der Waals surface area contributed by atoms with Crippen molar-refractivity contribution in [3.63, 3.8) is 0 Å². The zero-order chi connectivity index (χ0) is 18.2. The first-order valence-electron chi connectivity index (χ1n) is 8.56. The van der Waals surface area contributed by atoms with Crippen LogP contribution in [0.3, 0.4) is 0 Å². The summed E-state index contributed by atoms with van der Waals surface area (Å²) in [5.74, 6) is -0.330. The molecule has 2 heterocycles. The molecule has 1 aromatic carbocycles. The van der Waals surface area contributed by atoms with Crippen LogP contribution >= 0.6 is 0 Å². The Hall–Kier alpha value is -1.47. The van der Waals surface area contributed by atoms with E-state index in [9.17, 15) is 4.79 Å². The SMILES string of the molecule is CO[C@@H]1O[C@@H](C)[C@@H]2OC(c3ccccc3)O[C@H]2[C@H]1OC(=O)C(C)(C)C. The maximum atomic E-state index is 12.4. The van der Waals surface area contributed by atoms with Crippen molar-refractivity contribution in [2.24, 2.45) is 5.41 Å². The minimum absolute atomic E-state index is 0.242. The van der Waals surface area contributed by atoms with E-state index in [0.29, 0.717) is 0 Å². The molecule has 0 aromatic heterocycles. The summed E-state index contributed by atoms with van der Waals surface area (Å²) in [6, 6.07) is 9.68. The highest BCUT2D eigenvalue weighted by Gasteiger charge is 2.54. The Kier molecular flexibility index (Phi) is 5.16. The summed E-state index contributed by atoms with van der Waals surface area (Å²) in [4.78, 5) is 12.4. The van der Waals surface area contributed by atoms with Crippen LogP contribution in [-0.2, 0) is 28.5 Å². The van der Waals surface area contributed by atoms with Crippen molar-refractivity contribution < 1.29 is 28.5 Å². The third-order valence-corrected chi connectivity index (χ3v) is 4.45. The molecule has 0 N–H and O–H groups in total. The van der Waals surface area contributed by atoms with Gasteiger partial charge in [-0.3, -0.25) is 4.79 Å². The normalized spacial score (nSPS) is 35.2. The molecule has 6 nitrogen and oxygen atoms in total. The van der Waals surface area contributed by atoms with Crippen LogP contribution in [0.1, 0.15) is 39.5 Å². The van der Waals surface area contributed by atoms with E-state index < -0.39 is 30.2 Å². The predicted molar refractivity (Wildman–Crippen MR) is 89.6 cm³/mol. The quantitative estimate of drug-likeness (QED) is 0.781. The summed E-state index contributed by atoms with van der Waals surface area (Å²) in [5, 5.41) is 0. The molecule has 25 heavy (non-hydrogen) atoms. The molecule has 6 atom stereocenters. The Morgan fingerprint density at radius 1 is 1.04 bits per heavy atom. The summed E-state index contributed by atoms with van der Waals surface area (Å²) >= 11 is 0. The third kappa shape index (κ3) is 3.72. The lowest BCUT2D eigenvalue weighted by Crippen LogP contribution is -2.57. The van der Waals surface area contributed by atoms with E-state index >= 15 is 0 Å². The first kappa shape index (κ1) is 18.3. The van der Waals surface area contributed by atoms with Gasteiger partial charge in [0.15, 0.2) is 18.7 Å². The fourth-order valence-corrected chi connectivity index (χ4v) is 3.02. The number of carbonyl (C=O) groups is 1. The van der Waals surface area contributed by atoms with Gasteiger partial charge in [0.1, 0.15) is 12.2 Å². The second-order valence-electron chi connectivity index (χ2n) is 7.51. The molecule has 0 saturated carbocycles. The lowest BCUT2D eigenvalue weighted by atomic mass is 9.96. The van der Waals surface area contributed by atoms with Crippen molar-refractivity contribution in [3.05, 3.63) is 35.9 Å². The molecule has 3 rings (SSSR count). The van der Waals surface area contributed by atoms with Crippen molar-refractivity contribution >= 4 is 5.97 Å². The summed E-state index contributed by atoms with van der Waals surface area (Å²) in [6.45, 7) is 7.32. The van der Waals surface area contributed by atoms with Crippen LogP contribution in [0.5, 0.6) is 0 Å². The van der Waals surface area contributed by atoms with Gasteiger partial charge in [-0.15, -0.1) is 0 Å². The van der Waals surface area contributed by atoms with Gasteiger partial charge < -0.3 is 23.7 Å². The fraction of sp³-hybridized carbons (Fsp3) is 0.632. The Bertz CT molecular complexity index is 596. The van der Waals surface area contributed by atoms with E-state index in [2.05, 4.69) is 0 Å². The summed E-state index contributed by atoms with van der Waals surface area (Å²) in [5.41, 5.74) is 0.286. The summed E-state index contributed by atoms with van der Waals surface area (Å²) in [7, 11) is 1.53. The molecule has 0 spiro atoms. The summed E-state index contributed by atoms with van der Waals surface area (Å²) in [6.07, 6.45) is -2.94. The van der Waals surface area contributed by atoms with Crippen LogP contribution in [0.15, 0.2) is 30.3 Å². The van der Waals surface area contributed by atoms with Crippen LogP contribution in [0, 0.1) is 5.41 Å². The van der Waals surface area contributed by atoms with Crippen LogP contribution < -0.4 is 0 Å². The standard InChI is InChI=1S/C19H26O6/c1-11-13-14(24-16(23-13)12-9-7-6-8-10-12)15(17(21-5)22-11)25-18(20)19(2,3)4/h6-11,13-17H,1-5H3/t11-,13-,14+,15+,16?,17+/m0/s1. The third-order valence-electron chi connectivity index (χ3n) is 4.45. The molecule has 1 aromatic rings. The van der Waals surface area contributed by atoms with E-state index in [1.807, 2.05) is 37.3 Å². The van der Waals surface area contributed by atoms with E-state index in [1.165, 1.54) is 7.11 Å². The Labute approximate surface area is 148 Å². The van der Waals surface area contributed by atoms with Gasteiger partial charge >= 0.3 is 5.97 Å². The second-order valence-corrected chi connectivity index (χ2v) is 7.51. The Morgan fingerprint density at radius 2 is 1.68 bits per heavy atom. The van der Waals surface area contributed by atoms with Gasteiger partial charge in [0.05, 0.1) is 11.5 Å². The zero-order valence-corrected chi connectivity index (χ0v) is 15.3. The maximum Gasteiger partial charge on any atom is 0.311 e. The van der Waals surface area contributed by atoms with Crippen molar-refractivity contribution in [3.8, 4) is 0 Å². The molecule has 2 fully saturated rings. The maximum absolute atomic E-state index is 12.4. The monoisotopic (exact) mass is 350 g/mol. The summed E-state index contributed by atoms with van der Waals surface area (Å²) < 4.78 is 29.1. The molecule has 2 aliphatic heterocycles. The number of carbonyl (C=O) groups excluding carboxylic acids is 1. The number of benzene rings is 1. The topological polar surface area (TPSA) is 63.2 Å².